The molecule has 1 heterocycles. The Hall–Kier alpha value is -1.89. The summed E-state index contributed by atoms with van der Waals surface area (Å²) in [4.78, 5) is 37.0. The van der Waals surface area contributed by atoms with Gasteiger partial charge in [-0.3, -0.25) is 18.6 Å². The molecule has 0 radical (unpaired) electrons. The second-order valence-electron chi connectivity index (χ2n) is 19.9. The summed E-state index contributed by atoms with van der Waals surface area (Å²) in [6.07, 6.45) is 30.1. The second-order valence-corrected chi connectivity index (χ2v) is 21.3. The van der Waals surface area contributed by atoms with E-state index in [0.717, 1.165) is 63.4 Å². The molecule has 386 valence electrons. The molecule has 2 N–H and O–H groups in total. The summed E-state index contributed by atoms with van der Waals surface area (Å²) in [6, 6.07) is 9.65. The Morgan fingerprint density at radius 2 is 1.13 bits per heavy atom. The molecule has 1 aliphatic heterocycles. The molecule has 1 aromatic rings. The number of benzene rings is 1. The molecule has 7 atom stereocenters. The van der Waals surface area contributed by atoms with Gasteiger partial charge in [-0.1, -0.05) is 205 Å². The summed E-state index contributed by atoms with van der Waals surface area (Å²) in [5.41, 5.74) is 0.939. The van der Waals surface area contributed by atoms with Crippen LogP contribution in [0, 0.1) is 0 Å². The zero-order chi connectivity index (χ0) is 47.8. The lowest BCUT2D eigenvalue weighted by Gasteiger charge is -2.39. The minimum absolute atomic E-state index is 0.0533. The Kier molecular flexibility index (Phi) is 29.6. The summed E-state index contributed by atoms with van der Waals surface area (Å²) in [6.45, 7) is 3.90. The van der Waals surface area contributed by atoms with E-state index < -0.39 is 68.8 Å². The summed E-state index contributed by atoms with van der Waals surface area (Å²) in [7, 11) is -4.83. The molecule has 3 fully saturated rings. The van der Waals surface area contributed by atoms with Crippen molar-refractivity contribution in [1.29, 1.82) is 0 Å². The number of phosphoric ester groups is 1. The molecule has 2 saturated carbocycles. The minimum Gasteiger partial charge on any atom is -0.462 e. The molecule has 67 heavy (non-hydrogen) atoms. The van der Waals surface area contributed by atoms with Gasteiger partial charge in [0.05, 0.1) is 19.3 Å². The molecule has 4 rings (SSSR count). The summed E-state index contributed by atoms with van der Waals surface area (Å²) >= 11 is 0. The highest BCUT2D eigenvalue weighted by atomic mass is 31.2. The lowest BCUT2D eigenvalue weighted by Crippen LogP contribution is -2.56. The summed E-state index contributed by atoms with van der Waals surface area (Å²) < 4.78 is 55.6. The number of esters is 2. The summed E-state index contributed by atoms with van der Waals surface area (Å²) in [5, 5.41) is 11.4. The first-order chi connectivity index (χ1) is 32.6. The van der Waals surface area contributed by atoms with Crippen molar-refractivity contribution >= 4 is 19.8 Å². The molecule has 2 aliphatic carbocycles. The molecule has 0 aromatic heterocycles. The third kappa shape index (κ3) is 24.2. The second kappa shape index (κ2) is 34.4. The van der Waals surface area contributed by atoms with Crippen molar-refractivity contribution in [2.45, 2.75) is 281 Å². The number of carbonyl (C=O) groups is 2. The Morgan fingerprint density at radius 1 is 0.657 bits per heavy atom. The maximum absolute atomic E-state index is 13.7. The maximum atomic E-state index is 13.7. The quantitative estimate of drug-likeness (QED) is 0.0366. The SMILES string of the molecule is CCCCCCCCCCCCCCCC(=O)OCC(COP(=O)(O)O[C@H]1C[C@@H](O)[C@H](OCc2ccccc2)[C@H]2OC3(CCCCC3)O[C@H]21)OC(=O)CCCCCCCCCCCCCCC. The van der Waals surface area contributed by atoms with E-state index in [1.807, 2.05) is 30.3 Å². The van der Waals surface area contributed by atoms with Gasteiger partial charge in [0.15, 0.2) is 11.9 Å². The van der Waals surface area contributed by atoms with Gasteiger partial charge < -0.3 is 33.7 Å². The van der Waals surface area contributed by atoms with Gasteiger partial charge in [-0.05, 0) is 31.2 Å². The highest BCUT2D eigenvalue weighted by molar-refractivity contribution is 7.47. The number of rotatable bonds is 39. The van der Waals surface area contributed by atoms with Crippen molar-refractivity contribution in [3.63, 3.8) is 0 Å². The van der Waals surface area contributed by atoms with Gasteiger partial charge in [0.25, 0.3) is 0 Å². The number of hydrogen-bond acceptors (Lipinski definition) is 11. The predicted molar refractivity (Wildman–Crippen MR) is 263 cm³/mol. The van der Waals surface area contributed by atoms with E-state index in [0.29, 0.717) is 25.7 Å². The van der Waals surface area contributed by atoms with E-state index in [2.05, 4.69) is 13.8 Å². The standard InChI is InChI=1S/C54H93O12P/c1-3-5-7-9-11-13-15-17-19-21-23-25-31-37-49(56)60-43-46(63-50(57)38-32-26-24-22-20-18-16-14-12-10-8-6-4-2)44-62-67(58,59)66-48-41-47(55)51(61-42-45-35-29-27-30-36-45)53-52(48)64-54(65-53)39-33-28-34-40-54/h27,29-30,35-36,46-48,51-53,55H,3-26,28,31-34,37-44H2,1-2H3,(H,58,59)/t46?,47-,48+,51+,52+,53-/m1/s1. The highest BCUT2D eigenvalue weighted by Crippen LogP contribution is 2.52. The van der Waals surface area contributed by atoms with Crippen LogP contribution in [0.1, 0.15) is 238 Å². The van der Waals surface area contributed by atoms with E-state index in [-0.39, 0.29) is 32.5 Å². The average Bonchev–Trinajstić information content (AvgIpc) is 3.68. The minimum atomic E-state index is -4.83. The van der Waals surface area contributed by atoms with Crippen molar-refractivity contribution in [1.82, 2.24) is 0 Å². The van der Waals surface area contributed by atoms with E-state index in [1.54, 1.807) is 0 Å². The van der Waals surface area contributed by atoms with Crippen LogP contribution in [0.15, 0.2) is 30.3 Å². The molecule has 1 saturated heterocycles. The van der Waals surface area contributed by atoms with Gasteiger partial charge >= 0.3 is 19.8 Å². The van der Waals surface area contributed by atoms with Crippen LogP contribution in [0.5, 0.6) is 0 Å². The van der Waals surface area contributed by atoms with E-state index in [1.165, 1.54) is 116 Å². The zero-order valence-electron chi connectivity index (χ0n) is 41.9. The van der Waals surface area contributed by atoms with E-state index >= 15 is 0 Å². The monoisotopic (exact) mass is 965 g/mol. The van der Waals surface area contributed by atoms with Gasteiger partial charge in [0.1, 0.15) is 31.0 Å². The molecule has 1 aromatic carbocycles. The summed E-state index contributed by atoms with van der Waals surface area (Å²) in [5.74, 6) is -1.78. The molecular formula is C54H93O12P. The van der Waals surface area contributed by atoms with Crippen LogP contribution in [0.4, 0.5) is 0 Å². The third-order valence-corrected chi connectivity index (χ3v) is 14.9. The fourth-order valence-electron chi connectivity index (χ4n) is 9.90. The van der Waals surface area contributed by atoms with Gasteiger partial charge in [0.2, 0.25) is 0 Å². The molecule has 13 heteroatoms. The first kappa shape index (κ1) is 57.7. The molecule has 2 unspecified atom stereocenters. The molecule has 3 aliphatic rings. The van der Waals surface area contributed by atoms with Crippen LogP contribution in [0.3, 0.4) is 0 Å². The average molecular weight is 965 g/mol. The van der Waals surface area contributed by atoms with Crippen LogP contribution >= 0.6 is 7.82 Å². The number of hydrogen-bond donors (Lipinski definition) is 2. The lowest BCUT2D eigenvalue weighted by molar-refractivity contribution is -0.206. The Bertz CT molecular complexity index is 1470. The third-order valence-electron chi connectivity index (χ3n) is 13.9. The smallest absolute Gasteiger partial charge is 0.462 e. The fourth-order valence-corrected chi connectivity index (χ4v) is 10.9. The molecule has 12 nitrogen and oxygen atoms in total. The van der Waals surface area contributed by atoms with Crippen molar-refractivity contribution in [3.8, 4) is 0 Å². The normalized spacial score (nSPS) is 22.6. The van der Waals surface area contributed by atoms with Crippen LogP contribution in [-0.4, -0.2) is 77.6 Å². The van der Waals surface area contributed by atoms with E-state index in [9.17, 15) is 24.2 Å². The largest absolute Gasteiger partial charge is 0.472 e. The number of unbranched alkanes of at least 4 members (excludes halogenated alkanes) is 24. The first-order valence-electron chi connectivity index (χ1n) is 27.3. The Labute approximate surface area is 405 Å². The first-order valence-corrected chi connectivity index (χ1v) is 28.8. The Balaban J connectivity index is 1.24. The fraction of sp³-hybridized carbons (Fsp3) is 0.852. The van der Waals surface area contributed by atoms with Crippen LogP contribution in [0.2, 0.25) is 0 Å². The van der Waals surface area contributed by atoms with Crippen molar-refractivity contribution in [3.05, 3.63) is 35.9 Å². The number of phosphoric acid groups is 1. The van der Waals surface area contributed by atoms with Gasteiger partial charge in [0, 0.05) is 32.1 Å². The van der Waals surface area contributed by atoms with Crippen LogP contribution < -0.4 is 0 Å². The van der Waals surface area contributed by atoms with Crippen LogP contribution in [0.25, 0.3) is 0 Å². The van der Waals surface area contributed by atoms with Gasteiger partial charge in [-0.15, -0.1) is 0 Å². The maximum Gasteiger partial charge on any atom is 0.472 e. The van der Waals surface area contributed by atoms with Crippen molar-refractivity contribution < 1.29 is 56.9 Å². The Morgan fingerprint density at radius 3 is 1.66 bits per heavy atom. The number of aliphatic hydroxyl groups is 1. The zero-order valence-corrected chi connectivity index (χ0v) is 42.8. The van der Waals surface area contributed by atoms with Crippen LogP contribution in [-0.2, 0) is 53.5 Å². The van der Waals surface area contributed by atoms with Crippen molar-refractivity contribution in [2.75, 3.05) is 13.2 Å². The van der Waals surface area contributed by atoms with E-state index in [4.69, 9.17) is 32.7 Å². The molecule has 0 amide bonds. The molecule has 1 spiro atoms. The topological polar surface area (TPSA) is 156 Å². The van der Waals surface area contributed by atoms with Crippen molar-refractivity contribution in [2.24, 2.45) is 0 Å². The number of aliphatic hydroxyl groups excluding tert-OH is 1. The number of ether oxygens (including phenoxy) is 5. The number of fused-ring (bicyclic) bond motifs is 1. The highest BCUT2D eigenvalue weighted by Gasteiger charge is 2.59. The molecule has 0 bridgehead atoms. The van der Waals surface area contributed by atoms with Gasteiger partial charge in [-0.25, -0.2) is 4.57 Å². The predicted octanol–water partition coefficient (Wildman–Crippen LogP) is 13.7. The number of carbonyl (C=O) groups excluding carboxylic acids is 2. The molecular weight excluding hydrogens is 872 g/mol. The van der Waals surface area contributed by atoms with Gasteiger partial charge in [-0.2, -0.15) is 0 Å². The lowest BCUT2D eigenvalue weighted by atomic mass is 9.87.